The van der Waals surface area contributed by atoms with E-state index < -0.39 is 5.54 Å². The van der Waals surface area contributed by atoms with Crippen molar-refractivity contribution in [3.63, 3.8) is 0 Å². The van der Waals surface area contributed by atoms with Gasteiger partial charge < -0.3 is 10.5 Å². The van der Waals surface area contributed by atoms with Crippen LogP contribution in [0.15, 0.2) is 30.3 Å². The SMILES string of the molecule is NC1(C(=O)OCc2ccccc2)CCC1. The summed E-state index contributed by atoms with van der Waals surface area (Å²) in [5.74, 6) is -0.266. The Morgan fingerprint density at radius 3 is 2.53 bits per heavy atom. The molecule has 3 nitrogen and oxygen atoms in total. The smallest absolute Gasteiger partial charge is 0.326 e. The summed E-state index contributed by atoms with van der Waals surface area (Å²) in [5.41, 5.74) is 6.13. The van der Waals surface area contributed by atoms with E-state index in [0.717, 1.165) is 24.8 Å². The molecule has 1 aromatic carbocycles. The van der Waals surface area contributed by atoms with Gasteiger partial charge in [0.05, 0.1) is 0 Å². The zero-order valence-corrected chi connectivity index (χ0v) is 8.61. The maximum Gasteiger partial charge on any atom is 0.326 e. The lowest BCUT2D eigenvalue weighted by Gasteiger charge is -2.35. The third-order valence-corrected chi connectivity index (χ3v) is 2.87. The molecule has 0 bridgehead atoms. The van der Waals surface area contributed by atoms with E-state index in [-0.39, 0.29) is 5.97 Å². The van der Waals surface area contributed by atoms with Crippen molar-refractivity contribution in [3.8, 4) is 0 Å². The number of ether oxygens (including phenoxy) is 1. The van der Waals surface area contributed by atoms with Crippen LogP contribution in [0.2, 0.25) is 0 Å². The largest absolute Gasteiger partial charge is 0.459 e. The van der Waals surface area contributed by atoms with Crippen LogP contribution in [0.25, 0.3) is 0 Å². The van der Waals surface area contributed by atoms with Crippen LogP contribution < -0.4 is 5.73 Å². The molecule has 80 valence electrons. The van der Waals surface area contributed by atoms with Crippen LogP contribution in [-0.2, 0) is 16.1 Å². The van der Waals surface area contributed by atoms with Gasteiger partial charge in [0.15, 0.2) is 0 Å². The molecule has 0 spiro atoms. The van der Waals surface area contributed by atoms with E-state index in [1.54, 1.807) is 0 Å². The molecule has 0 aliphatic heterocycles. The van der Waals surface area contributed by atoms with E-state index in [4.69, 9.17) is 10.5 Å². The summed E-state index contributed by atoms with van der Waals surface area (Å²) in [6.45, 7) is 0.318. The van der Waals surface area contributed by atoms with Gasteiger partial charge in [-0.2, -0.15) is 0 Å². The van der Waals surface area contributed by atoms with Crippen LogP contribution in [0.4, 0.5) is 0 Å². The van der Waals surface area contributed by atoms with Gasteiger partial charge in [-0.25, -0.2) is 0 Å². The molecule has 0 aromatic heterocycles. The average molecular weight is 205 g/mol. The van der Waals surface area contributed by atoms with E-state index >= 15 is 0 Å². The van der Waals surface area contributed by atoms with Gasteiger partial charge in [-0.3, -0.25) is 4.79 Å². The maximum atomic E-state index is 11.6. The molecular formula is C12H15NO2. The Hall–Kier alpha value is -1.35. The van der Waals surface area contributed by atoms with E-state index in [1.165, 1.54) is 0 Å². The van der Waals surface area contributed by atoms with Crippen molar-refractivity contribution in [1.82, 2.24) is 0 Å². The molecule has 1 fully saturated rings. The first kappa shape index (κ1) is 10.2. The van der Waals surface area contributed by atoms with Gasteiger partial charge in [-0.05, 0) is 24.8 Å². The summed E-state index contributed by atoms with van der Waals surface area (Å²) < 4.78 is 5.17. The van der Waals surface area contributed by atoms with Crippen molar-refractivity contribution < 1.29 is 9.53 Å². The molecule has 0 saturated heterocycles. The minimum Gasteiger partial charge on any atom is -0.459 e. The fraction of sp³-hybridized carbons (Fsp3) is 0.417. The predicted octanol–water partition coefficient (Wildman–Crippen LogP) is 1.61. The Kier molecular flexibility index (Phi) is 2.73. The normalized spacial score (nSPS) is 17.9. The number of hydrogen-bond acceptors (Lipinski definition) is 3. The van der Waals surface area contributed by atoms with Gasteiger partial charge in [0, 0.05) is 0 Å². The van der Waals surface area contributed by atoms with E-state index in [9.17, 15) is 4.79 Å². The van der Waals surface area contributed by atoms with Gasteiger partial charge in [-0.1, -0.05) is 30.3 Å². The zero-order chi connectivity index (χ0) is 10.7. The van der Waals surface area contributed by atoms with Crippen LogP contribution in [-0.4, -0.2) is 11.5 Å². The Morgan fingerprint density at radius 1 is 1.33 bits per heavy atom. The second-order valence-electron chi connectivity index (χ2n) is 4.07. The lowest BCUT2D eigenvalue weighted by atomic mass is 9.78. The number of nitrogens with two attached hydrogens (primary N) is 1. The van der Waals surface area contributed by atoms with E-state index in [0.29, 0.717) is 6.61 Å². The van der Waals surface area contributed by atoms with Crippen molar-refractivity contribution in [2.75, 3.05) is 0 Å². The van der Waals surface area contributed by atoms with Crippen LogP contribution in [0, 0.1) is 0 Å². The summed E-state index contributed by atoms with van der Waals surface area (Å²) in [5, 5.41) is 0. The third kappa shape index (κ3) is 2.18. The highest BCUT2D eigenvalue weighted by Gasteiger charge is 2.41. The number of rotatable bonds is 3. The fourth-order valence-electron chi connectivity index (χ4n) is 1.63. The minimum absolute atomic E-state index is 0.266. The zero-order valence-electron chi connectivity index (χ0n) is 8.61. The topological polar surface area (TPSA) is 52.3 Å². The molecule has 1 aliphatic rings. The number of carbonyl (C=O) groups excluding carboxylic acids is 1. The van der Waals surface area contributed by atoms with Crippen LogP contribution in [0.3, 0.4) is 0 Å². The molecular weight excluding hydrogens is 190 g/mol. The Bertz CT molecular complexity index is 344. The Morgan fingerprint density at radius 2 is 2.00 bits per heavy atom. The molecule has 1 aliphatic carbocycles. The first-order valence-electron chi connectivity index (χ1n) is 5.21. The number of benzene rings is 1. The summed E-state index contributed by atoms with van der Waals surface area (Å²) in [4.78, 5) is 11.6. The quantitative estimate of drug-likeness (QED) is 0.763. The number of carbonyl (C=O) groups is 1. The lowest BCUT2D eigenvalue weighted by molar-refractivity contribution is -0.155. The lowest BCUT2D eigenvalue weighted by Crippen LogP contribution is -2.54. The molecule has 0 radical (unpaired) electrons. The van der Waals surface area contributed by atoms with Crippen LogP contribution >= 0.6 is 0 Å². The molecule has 2 N–H and O–H groups in total. The molecule has 1 aromatic rings. The van der Waals surface area contributed by atoms with Gasteiger partial charge in [0.2, 0.25) is 0 Å². The van der Waals surface area contributed by atoms with Crippen molar-refractivity contribution in [2.45, 2.75) is 31.4 Å². The predicted molar refractivity (Wildman–Crippen MR) is 57.0 cm³/mol. The first-order valence-corrected chi connectivity index (χ1v) is 5.21. The molecule has 1 saturated carbocycles. The summed E-state index contributed by atoms with van der Waals surface area (Å²) in [7, 11) is 0. The average Bonchev–Trinajstić information content (AvgIpc) is 2.24. The maximum absolute atomic E-state index is 11.6. The molecule has 0 unspecified atom stereocenters. The standard InChI is InChI=1S/C12H15NO2/c13-12(7-4-8-12)11(14)15-9-10-5-2-1-3-6-10/h1-3,5-6H,4,7-9,13H2. The second-order valence-corrected chi connectivity index (χ2v) is 4.07. The molecule has 0 amide bonds. The highest BCUT2D eigenvalue weighted by molar-refractivity contribution is 5.81. The van der Waals surface area contributed by atoms with Crippen LogP contribution in [0.1, 0.15) is 24.8 Å². The Balaban J connectivity index is 1.86. The number of esters is 1. The second kappa shape index (κ2) is 4.03. The van der Waals surface area contributed by atoms with Crippen molar-refractivity contribution in [2.24, 2.45) is 5.73 Å². The van der Waals surface area contributed by atoms with E-state index in [2.05, 4.69) is 0 Å². The Labute approximate surface area is 89.2 Å². The fourth-order valence-corrected chi connectivity index (χ4v) is 1.63. The third-order valence-electron chi connectivity index (χ3n) is 2.87. The highest BCUT2D eigenvalue weighted by Crippen LogP contribution is 2.30. The molecule has 0 atom stereocenters. The molecule has 0 heterocycles. The summed E-state index contributed by atoms with van der Waals surface area (Å²) in [6, 6.07) is 9.63. The summed E-state index contributed by atoms with van der Waals surface area (Å²) in [6.07, 6.45) is 2.53. The van der Waals surface area contributed by atoms with Gasteiger partial charge in [0.1, 0.15) is 12.1 Å². The van der Waals surface area contributed by atoms with Gasteiger partial charge in [0.25, 0.3) is 0 Å². The van der Waals surface area contributed by atoms with Crippen molar-refractivity contribution >= 4 is 5.97 Å². The molecule has 3 heteroatoms. The van der Waals surface area contributed by atoms with Gasteiger partial charge >= 0.3 is 5.97 Å². The van der Waals surface area contributed by atoms with Gasteiger partial charge in [-0.15, -0.1) is 0 Å². The van der Waals surface area contributed by atoms with E-state index in [1.807, 2.05) is 30.3 Å². The first-order chi connectivity index (χ1) is 7.21. The highest BCUT2D eigenvalue weighted by atomic mass is 16.5. The number of hydrogen-bond donors (Lipinski definition) is 1. The van der Waals surface area contributed by atoms with Crippen molar-refractivity contribution in [1.29, 1.82) is 0 Å². The van der Waals surface area contributed by atoms with Crippen molar-refractivity contribution in [3.05, 3.63) is 35.9 Å². The van der Waals surface area contributed by atoms with Crippen LogP contribution in [0.5, 0.6) is 0 Å². The molecule has 15 heavy (non-hydrogen) atoms. The minimum atomic E-state index is -0.700. The monoisotopic (exact) mass is 205 g/mol. The summed E-state index contributed by atoms with van der Waals surface area (Å²) >= 11 is 0. The molecule has 2 rings (SSSR count).